The van der Waals surface area contributed by atoms with Crippen LogP contribution in [0.1, 0.15) is 25.0 Å². The van der Waals surface area contributed by atoms with E-state index in [4.69, 9.17) is 15.7 Å². The number of hydrogen-bond donors (Lipinski definition) is 7. The number of urea groups is 3. The summed E-state index contributed by atoms with van der Waals surface area (Å²) in [4.78, 5) is 37.7. The first kappa shape index (κ1) is 34.9. The van der Waals surface area contributed by atoms with Crippen LogP contribution in [-0.4, -0.2) is 31.2 Å². The Morgan fingerprint density at radius 2 is 1.18 bits per heavy atom. The maximum atomic E-state index is 12.9. The van der Waals surface area contributed by atoms with E-state index in [1.54, 1.807) is 42.7 Å². The second-order valence-electron chi connectivity index (χ2n) is 12.6. The molecule has 50 heavy (non-hydrogen) atoms. The molecule has 0 saturated carbocycles. The van der Waals surface area contributed by atoms with E-state index >= 15 is 0 Å². The van der Waals surface area contributed by atoms with Crippen molar-refractivity contribution in [1.82, 2.24) is 10.6 Å². The van der Waals surface area contributed by atoms with Gasteiger partial charge in [0.25, 0.3) is 6.26 Å². The minimum Gasteiger partial charge on any atom is -0.423 e. The van der Waals surface area contributed by atoms with Crippen molar-refractivity contribution in [3.63, 3.8) is 0 Å². The molecule has 0 saturated heterocycles. The van der Waals surface area contributed by atoms with Gasteiger partial charge in [0, 0.05) is 58.7 Å². The second-order valence-corrected chi connectivity index (χ2v) is 12.6. The monoisotopic (exact) mass is 674 g/mol. The number of rotatable bonds is 11. The summed E-state index contributed by atoms with van der Waals surface area (Å²) in [7, 11) is 1.93. The van der Waals surface area contributed by atoms with E-state index in [2.05, 4.69) is 38.0 Å². The average Bonchev–Trinajstić information content (AvgIpc) is 3.10. The number of aryl methyl sites for hydroxylation is 1. The van der Waals surface area contributed by atoms with Crippen LogP contribution in [0.25, 0.3) is 21.8 Å². The third-order valence-electron chi connectivity index (χ3n) is 8.07. The van der Waals surface area contributed by atoms with Gasteiger partial charge in [0.2, 0.25) is 11.0 Å². The van der Waals surface area contributed by atoms with E-state index in [0.717, 1.165) is 32.9 Å². The standard InChI is InChI=1S/C37H39N9O4/c1-37(2,21-38)22-41-34(47)40-19-24-4-10-28(11-5-24)42-35(48)44-30-14-8-26-16-27-9-15-31(18-33(27)46(3)32(26)17-30)45-36(49)43-29-12-6-25(7-13-29)20-50-23-39/h4-18H,19-22,38H2,1-3H3,(H5,40,41,42,43,44,45,47,48,49)/p+1. The van der Waals surface area contributed by atoms with E-state index in [9.17, 15) is 14.4 Å². The minimum absolute atomic E-state index is 0.170. The summed E-state index contributed by atoms with van der Waals surface area (Å²) < 4.78 is 6.74. The van der Waals surface area contributed by atoms with Crippen LogP contribution in [0.3, 0.4) is 0 Å². The number of fused-ring (bicyclic) bond motifs is 2. The van der Waals surface area contributed by atoms with Crippen LogP contribution in [0.5, 0.6) is 0 Å². The zero-order valence-corrected chi connectivity index (χ0v) is 28.1. The predicted molar refractivity (Wildman–Crippen MR) is 194 cm³/mol. The van der Waals surface area contributed by atoms with Crippen molar-refractivity contribution in [2.75, 3.05) is 34.4 Å². The topological polar surface area (TPSA) is 186 Å². The number of anilines is 4. The van der Waals surface area contributed by atoms with Gasteiger partial charge >= 0.3 is 18.1 Å². The summed E-state index contributed by atoms with van der Waals surface area (Å²) in [6.45, 7) is 5.41. The Kier molecular flexibility index (Phi) is 10.9. The predicted octanol–water partition coefficient (Wildman–Crippen LogP) is 5.89. The lowest BCUT2D eigenvalue weighted by molar-refractivity contribution is -0.617. The third kappa shape index (κ3) is 9.36. The number of pyridine rings is 1. The highest BCUT2D eigenvalue weighted by molar-refractivity contribution is 6.02. The first-order valence-electron chi connectivity index (χ1n) is 15.9. The summed E-state index contributed by atoms with van der Waals surface area (Å²) in [6, 6.07) is 26.5. The first-order valence-corrected chi connectivity index (χ1v) is 15.9. The van der Waals surface area contributed by atoms with Gasteiger partial charge in [-0.15, -0.1) is 0 Å². The van der Waals surface area contributed by atoms with Gasteiger partial charge in [-0.25, -0.2) is 14.4 Å². The molecular weight excluding hydrogens is 634 g/mol. The largest absolute Gasteiger partial charge is 0.423 e. The van der Waals surface area contributed by atoms with Gasteiger partial charge in [-0.05, 0) is 77.7 Å². The fraction of sp³-hybridized carbons (Fsp3) is 0.216. The molecule has 5 rings (SSSR count). The van der Waals surface area contributed by atoms with Gasteiger partial charge in [-0.2, -0.15) is 9.83 Å². The normalized spacial score (nSPS) is 10.9. The van der Waals surface area contributed by atoms with Gasteiger partial charge in [-0.3, -0.25) is 0 Å². The molecule has 0 atom stereocenters. The molecule has 1 aromatic heterocycles. The molecule has 8 N–H and O–H groups in total. The summed E-state index contributed by atoms with van der Waals surface area (Å²) >= 11 is 0. The number of aromatic nitrogens is 1. The molecule has 0 bridgehead atoms. The Balaban J connectivity index is 1.18. The number of hydrogen-bond acceptors (Lipinski definition) is 6. The van der Waals surface area contributed by atoms with E-state index in [1.165, 1.54) is 0 Å². The summed E-state index contributed by atoms with van der Waals surface area (Å²) in [5, 5.41) is 27.6. The number of nitrogens with two attached hydrogens (primary N) is 1. The molecule has 256 valence electrons. The van der Waals surface area contributed by atoms with Gasteiger partial charge in [-0.1, -0.05) is 38.1 Å². The minimum atomic E-state index is -0.400. The van der Waals surface area contributed by atoms with E-state index < -0.39 is 12.1 Å². The van der Waals surface area contributed by atoms with Crippen LogP contribution in [0.4, 0.5) is 37.1 Å². The third-order valence-corrected chi connectivity index (χ3v) is 8.07. The highest BCUT2D eigenvalue weighted by Gasteiger charge is 2.17. The summed E-state index contributed by atoms with van der Waals surface area (Å²) in [5.41, 5.74) is 11.4. The molecule has 0 aliphatic rings. The van der Waals surface area contributed by atoms with Crippen LogP contribution in [0.15, 0.2) is 91.0 Å². The highest BCUT2D eigenvalue weighted by Crippen LogP contribution is 2.24. The van der Waals surface area contributed by atoms with Crippen molar-refractivity contribution in [2.45, 2.75) is 27.0 Å². The molecule has 5 aromatic rings. The Morgan fingerprint density at radius 1 is 0.700 bits per heavy atom. The Morgan fingerprint density at radius 3 is 1.68 bits per heavy atom. The van der Waals surface area contributed by atoms with Crippen LogP contribution in [0.2, 0.25) is 0 Å². The van der Waals surface area contributed by atoms with Crippen LogP contribution < -0.4 is 42.2 Å². The molecule has 1 heterocycles. The van der Waals surface area contributed by atoms with Crippen molar-refractivity contribution in [3.8, 4) is 6.26 Å². The molecule has 0 radical (unpaired) electrons. The number of nitrogens with one attached hydrogen (secondary N) is 6. The molecule has 0 unspecified atom stereocenters. The number of amides is 6. The van der Waals surface area contributed by atoms with Crippen LogP contribution in [0, 0.1) is 16.9 Å². The fourth-order valence-corrected chi connectivity index (χ4v) is 5.09. The average molecular weight is 675 g/mol. The van der Waals surface area contributed by atoms with Crippen molar-refractivity contribution in [2.24, 2.45) is 18.2 Å². The van der Waals surface area contributed by atoms with Crippen LogP contribution in [-0.2, 0) is 24.9 Å². The second kappa shape index (κ2) is 15.7. The summed E-state index contributed by atoms with van der Waals surface area (Å²) in [5.74, 6) is 0. The number of carbonyl (C=O) groups excluding carboxylic acids is 3. The van der Waals surface area contributed by atoms with Gasteiger partial charge in [0.15, 0.2) is 0 Å². The number of carbonyl (C=O) groups is 3. The zero-order chi connectivity index (χ0) is 35.7. The maximum absolute atomic E-state index is 12.9. The molecule has 13 heteroatoms. The quantitative estimate of drug-likeness (QED) is 0.0520. The Bertz CT molecular complexity index is 2060. The Labute approximate surface area is 289 Å². The number of benzene rings is 4. The smallest absolute Gasteiger partial charge is 0.323 e. The highest BCUT2D eigenvalue weighted by atomic mass is 16.5. The lowest BCUT2D eigenvalue weighted by Crippen LogP contribution is -2.42. The maximum Gasteiger partial charge on any atom is 0.323 e. The van der Waals surface area contributed by atoms with E-state index in [0.29, 0.717) is 42.4 Å². The molecule has 0 fully saturated rings. The number of ether oxygens (including phenoxy) is 1. The van der Waals surface area contributed by atoms with Crippen molar-refractivity contribution >= 4 is 62.6 Å². The van der Waals surface area contributed by atoms with Gasteiger partial charge < -0.3 is 42.4 Å². The molecule has 13 nitrogen and oxygen atoms in total. The van der Waals surface area contributed by atoms with E-state index in [-0.39, 0.29) is 18.1 Å². The molecule has 0 spiro atoms. The molecular formula is C37H40N9O4+. The Hall–Kier alpha value is -6.39. The molecule has 0 aliphatic heterocycles. The van der Waals surface area contributed by atoms with E-state index in [1.807, 2.05) is 74.0 Å². The molecule has 0 aliphatic carbocycles. The number of nitrogens with zero attached hydrogens (tertiary/aromatic N) is 2. The SMILES string of the molecule is C[n+]1c2cc(NC(=O)Nc3ccc(CNC(=O)NCC(C)(C)CN)cc3)ccc2cc2ccc(NC(=O)Nc3ccc(COC#N)cc3)cc21. The zero-order valence-electron chi connectivity index (χ0n) is 28.1. The van der Waals surface area contributed by atoms with Crippen molar-refractivity contribution < 1.29 is 23.7 Å². The molecule has 4 aromatic carbocycles. The number of nitriles is 1. The van der Waals surface area contributed by atoms with Gasteiger partial charge in [0.1, 0.15) is 13.7 Å². The lowest BCUT2D eigenvalue weighted by Gasteiger charge is -2.22. The van der Waals surface area contributed by atoms with Crippen molar-refractivity contribution in [3.05, 3.63) is 102 Å². The lowest BCUT2D eigenvalue weighted by atomic mass is 9.94. The van der Waals surface area contributed by atoms with Gasteiger partial charge in [0.05, 0.1) is 0 Å². The summed E-state index contributed by atoms with van der Waals surface area (Å²) in [6.07, 6.45) is 1.63. The fourth-order valence-electron chi connectivity index (χ4n) is 5.09. The van der Waals surface area contributed by atoms with Crippen molar-refractivity contribution in [1.29, 1.82) is 5.26 Å². The van der Waals surface area contributed by atoms with Crippen LogP contribution >= 0.6 is 0 Å². The first-order chi connectivity index (χ1) is 24.0. The molecule has 6 amide bonds.